The highest BCUT2D eigenvalue weighted by molar-refractivity contribution is 6.04. The van der Waals surface area contributed by atoms with Gasteiger partial charge in [0.05, 0.1) is 17.1 Å². The van der Waals surface area contributed by atoms with Crippen LogP contribution < -0.4 is 21.3 Å². The number of hydrogen-bond donors (Lipinski definition) is 1. The zero-order chi connectivity index (χ0) is 31.9. The van der Waals surface area contributed by atoms with Crippen LogP contribution in [0.4, 0.5) is 14.5 Å². The van der Waals surface area contributed by atoms with E-state index < -0.39 is 28.8 Å². The number of likely N-dealkylation sites (tertiary alicyclic amines) is 1. The molecular formula is C33H33F2N7O4. The van der Waals surface area contributed by atoms with Gasteiger partial charge >= 0.3 is 5.69 Å². The van der Waals surface area contributed by atoms with Gasteiger partial charge in [0, 0.05) is 56.1 Å². The van der Waals surface area contributed by atoms with E-state index in [1.165, 1.54) is 41.4 Å². The fourth-order valence-electron chi connectivity index (χ4n) is 6.59. The molecule has 0 radical (unpaired) electrons. The van der Waals surface area contributed by atoms with Crippen LogP contribution in [0.25, 0.3) is 5.69 Å². The van der Waals surface area contributed by atoms with Crippen LogP contribution in [0.1, 0.15) is 53.3 Å². The van der Waals surface area contributed by atoms with Gasteiger partial charge in [-0.25, -0.2) is 28.1 Å². The lowest BCUT2D eigenvalue weighted by atomic mass is 10.0. The third-order valence-corrected chi connectivity index (χ3v) is 9.12. The van der Waals surface area contributed by atoms with Crippen LogP contribution in [0, 0.1) is 11.6 Å². The zero-order valence-electron chi connectivity index (χ0n) is 25.3. The summed E-state index contributed by atoms with van der Waals surface area (Å²) < 4.78 is 37.2. The summed E-state index contributed by atoms with van der Waals surface area (Å²) >= 11 is 0. The van der Waals surface area contributed by atoms with Crippen molar-refractivity contribution in [2.24, 2.45) is 0 Å². The van der Waals surface area contributed by atoms with Gasteiger partial charge in [-0.3, -0.25) is 19.1 Å². The van der Waals surface area contributed by atoms with Crippen molar-refractivity contribution in [2.75, 3.05) is 32.0 Å². The summed E-state index contributed by atoms with van der Waals surface area (Å²) in [7, 11) is 2.10. The maximum atomic E-state index is 15.3. The summed E-state index contributed by atoms with van der Waals surface area (Å²) in [5.74, 6) is -1.65. The van der Waals surface area contributed by atoms with E-state index in [2.05, 4.69) is 32.1 Å². The van der Waals surface area contributed by atoms with Gasteiger partial charge in [0.15, 0.2) is 0 Å². The van der Waals surface area contributed by atoms with Gasteiger partial charge in [0.1, 0.15) is 29.3 Å². The van der Waals surface area contributed by atoms with Gasteiger partial charge in [0.2, 0.25) is 5.88 Å². The van der Waals surface area contributed by atoms with Crippen molar-refractivity contribution in [2.45, 2.75) is 50.7 Å². The molecule has 2 aromatic heterocycles. The minimum atomic E-state index is -0.889. The summed E-state index contributed by atoms with van der Waals surface area (Å²) in [5.41, 5.74) is -0.122. The van der Waals surface area contributed by atoms with Crippen molar-refractivity contribution in [1.29, 1.82) is 0 Å². The Morgan fingerprint density at radius 1 is 1.00 bits per heavy atom. The third-order valence-electron chi connectivity index (χ3n) is 9.12. The van der Waals surface area contributed by atoms with Crippen LogP contribution >= 0.6 is 0 Å². The Bertz CT molecular complexity index is 1920. The number of amides is 1. The molecule has 11 nitrogen and oxygen atoms in total. The Balaban J connectivity index is 1.12. The number of rotatable bonds is 7. The molecule has 3 aliphatic rings. The largest absolute Gasteiger partial charge is 0.439 e. The van der Waals surface area contributed by atoms with E-state index in [4.69, 9.17) is 4.74 Å². The molecular weight excluding hydrogens is 596 g/mol. The first-order valence-electron chi connectivity index (χ1n) is 15.4. The number of anilines is 1. The van der Waals surface area contributed by atoms with E-state index in [0.717, 1.165) is 66.5 Å². The summed E-state index contributed by atoms with van der Waals surface area (Å²) in [6.07, 6.45) is 6.63. The summed E-state index contributed by atoms with van der Waals surface area (Å²) in [5, 5.41) is 2.47. The topological polar surface area (TPSA) is 115 Å². The van der Waals surface area contributed by atoms with E-state index in [-0.39, 0.29) is 28.7 Å². The minimum absolute atomic E-state index is 0.126. The van der Waals surface area contributed by atoms with Crippen LogP contribution in [0.3, 0.4) is 0 Å². The number of nitrogens with zero attached hydrogens (tertiary/aromatic N) is 6. The van der Waals surface area contributed by atoms with E-state index in [1.807, 2.05) is 0 Å². The Kier molecular flexibility index (Phi) is 7.95. The Hall–Kier alpha value is -4.75. The molecule has 1 N–H and O–H groups in total. The van der Waals surface area contributed by atoms with Gasteiger partial charge in [0.25, 0.3) is 11.5 Å². The number of fused-ring (bicyclic) bond motifs is 1. The lowest BCUT2D eigenvalue weighted by Gasteiger charge is -2.45. The van der Waals surface area contributed by atoms with Gasteiger partial charge < -0.3 is 15.0 Å². The summed E-state index contributed by atoms with van der Waals surface area (Å²) in [6, 6.07) is 9.16. The number of aromatic nitrogens is 4. The number of halogens is 2. The molecule has 1 saturated heterocycles. The van der Waals surface area contributed by atoms with Crippen molar-refractivity contribution in [3.05, 3.63) is 104 Å². The molecule has 238 valence electrons. The number of hydrogen-bond acceptors (Lipinski definition) is 8. The maximum Gasteiger partial charge on any atom is 0.335 e. The Morgan fingerprint density at radius 3 is 2.48 bits per heavy atom. The molecule has 1 saturated carbocycles. The van der Waals surface area contributed by atoms with Gasteiger partial charge in [-0.15, -0.1) is 0 Å². The van der Waals surface area contributed by atoms with E-state index in [1.54, 1.807) is 0 Å². The molecule has 0 unspecified atom stereocenters. The normalized spacial score (nSPS) is 17.5. The smallest absolute Gasteiger partial charge is 0.335 e. The fraction of sp³-hybridized carbons (Fsp3) is 0.364. The second kappa shape index (κ2) is 12.2. The molecule has 1 aliphatic carbocycles. The first-order valence-corrected chi connectivity index (χ1v) is 15.4. The van der Waals surface area contributed by atoms with Crippen LogP contribution in [0.15, 0.2) is 64.6 Å². The average molecular weight is 630 g/mol. The number of nitrogens with one attached hydrogen (secondary N) is 1. The molecule has 1 amide bonds. The van der Waals surface area contributed by atoms with Gasteiger partial charge in [-0.1, -0.05) is 12.8 Å². The SMILES string of the molecule is CN1CC(N2CCc3c(ncnc3Oc3ccc(NC(=O)c4cn(C5CCCC5)c(=O)n(-c5ccc(F)cc5)c4=O)c(F)c3)C2)C1. The van der Waals surface area contributed by atoms with Crippen molar-refractivity contribution in [1.82, 2.24) is 28.9 Å². The van der Waals surface area contributed by atoms with Gasteiger partial charge in [-0.2, -0.15) is 0 Å². The first kappa shape index (κ1) is 29.9. The lowest BCUT2D eigenvalue weighted by molar-refractivity contribution is 0.0420. The highest BCUT2D eigenvalue weighted by Gasteiger charge is 2.33. The molecule has 4 heterocycles. The van der Waals surface area contributed by atoms with Crippen molar-refractivity contribution >= 4 is 11.6 Å². The van der Waals surface area contributed by atoms with Gasteiger partial charge in [-0.05, 0) is 62.7 Å². The third kappa shape index (κ3) is 5.71. The fourth-order valence-corrected chi connectivity index (χ4v) is 6.59. The second-order valence-corrected chi connectivity index (χ2v) is 12.2. The average Bonchev–Trinajstić information content (AvgIpc) is 3.57. The number of likely N-dealkylation sites (N-methyl/N-ethyl adjacent to an activating group) is 1. The van der Waals surface area contributed by atoms with Crippen molar-refractivity contribution < 1.29 is 18.3 Å². The number of benzene rings is 2. The lowest BCUT2D eigenvalue weighted by Crippen LogP contribution is -2.58. The molecule has 2 fully saturated rings. The molecule has 0 bridgehead atoms. The highest BCUT2D eigenvalue weighted by Crippen LogP contribution is 2.32. The second-order valence-electron chi connectivity index (χ2n) is 12.2. The molecule has 0 atom stereocenters. The van der Waals surface area contributed by atoms with E-state index >= 15 is 4.39 Å². The molecule has 0 spiro atoms. The quantitative estimate of drug-likeness (QED) is 0.328. The van der Waals surface area contributed by atoms with Crippen molar-refractivity contribution in [3.8, 4) is 17.3 Å². The molecule has 13 heteroatoms. The van der Waals surface area contributed by atoms with Crippen molar-refractivity contribution in [3.63, 3.8) is 0 Å². The molecule has 7 rings (SSSR count). The van der Waals surface area contributed by atoms with Crippen LogP contribution in [-0.2, 0) is 13.0 Å². The summed E-state index contributed by atoms with van der Waals surface area (Å²) in [6.45, 7) is 3.61. The number of carbonyl (C=O) groups excluding carboxylic acids is 1. The Morgan fingerprint density at radius 2 is 1.76 bits per heavy atom. The number of ether oxygens (including phenoxy) is 1. The molecule has 4 aromatic rings. The number of carbonyl (C=O) groups is 1. The predicted octanol–water partition coefficient (Wildman–Crippen LogP) is 3.90. The monoisotopic (exact) mass is 629 g/mol. The summed E-state index contributed by atoms with van der Waals surface area (Å²) in [4.78, 5) is 53.8. The minimum Gasteiger partial charge on any atom is -0.439 e. The predicted molar refractivity (Wildman–Crippen MR) is 166 cm³/mol. The van der Waals surface area contributed by atoms with Crippen LogP contribution in [-0.4, -0.2) is 67.5 Å². The standard InChI is InChI=1S/C33H33F2N7O4/c1-39-15-23(16-39)40-13-12-25-29(18-40)36-19-37-31(25)46-24-10-11-28(27(35)14-24)38-30(43)26-17-41(21-4-2-3-5-21)33(45)42(32(26)44)22-8-6-20(34)7-9-22/h6-11,14,17,19,21,23H,2-5,12-13,15-16,18H2,1H3,(H,38,43). The highest BCUT2D eigenvalue weighted by atomic mass is 19.1. The molecule has 2 aliphatic heterocycles. The Labute approximate surface area is 263 Å². The maximum absolute atomic E-state index is 15.3. The first-order chi connectivity index (χ1) is 22.2. The molecule has 2 aromatic carbocycles. The zero-order valence-corrected chi connectivity index (χ0v) is 25.3. The van der Waals surface area contributed by atoms with E-state index in [9.17, 15) is 18.8 Å². The van der Waals surface area contributed by atoms with E-state index in [0.29, 0.717) is 37.7 Å². The van der Waals surface area contributed by atoms with Crippen LogP contribution in [0.5, 0.6) is 11.6 Å². The molecule has 46 heavy (non-hydrogen) atoms. The van der Waals surface area contributed by atoms with Crippen LogP contribution in [0.2, 0.25) is 0 Å².